The number of anilines is 3. The first-order chi connectivity index (χ1) is 12.1. The van der Waals surface area contributed by atoms with Gasteiger partial charge in [-0.1, -0.05) is 12.1 Å². The summed E-state index contributed by atoms with van der Waals surface area (Å²) in [5.74, 6) is 1.18. The van der Waals surface area contributed by atoms with Crippen LogP contribution in [-0.4, -0.2) is 32.0 Å². The summed E-state index contributed by atoms with van der Waals surface area (Å²) in [5.41, 5.74) is 2.55. The van der Waals surface area contributed by atoms with E-state index in [0.717, 1.165) is 24.9 Å². The average Bonchev–Trinajstić information content (AvgIpc) is 2.94. The third-order valence-corrected chi connectivity index (χ3v) is 5.26. The molecule has 6 nitrogen and oxygen atoms in total. The van der Waals surface area contributed by atoms with E-state index in [1.165, 1.54) is 30.3 Å². The van der Waals surface area contributed by atoms with Crippen molar-refractivity contribution in [1.82, 2.24) is 9.97 Å². The zero-order valence-corrected chi connectivity index (χ0v) is 14.2. The Bertz CT molecular complexity index is 767. The van der Waals surface area contributed by atoms with Crippen LogP contribution in [0.3, 0.4) is 0 Å². The zero-order chi connectivity index (χ0) is 17.3. The zero-order valence-electron chi connectivity index (χ0n) is 14.2. The van der Waals surface area contributed by atoms with Crippen molar-refractivity contribution >= 4 is 17.3 Å². The second-order valence-electron chi connectivity index (χ2n) is 7.02. The summed E-state index contributed by atoms with van der Waals surface area (Å²) >= 11 is 0. The Morgan fingerprint density at radius 1 is 1.08 bits per heavy atom. The highest BCUT2D eigenvalue weighted by molar-refractivity contribution is 5.64. The van der Waals surface area contributed by atoms with Crippen LogP contribution >= 0.6 is 0 Å². The van der Waals surface area contributed by atoms with Gasteiger partial charge in [0.1, 0.15) is 24.1 Å². The molecule has 6 heteroatoms. The molecule has 0 spiro atoms. The van der Waals surface area contributed by atoms with Gasteiger partial charge < -0.3 is 20.8 Å². The standard InChI is InChI=1S/C19H24N4O2/c24-16-9-4-10-19(16,25)23-18-11-17(20-12-21-18)22-15-8-3-6-13-5-1-2-7-14(13)15/h3,6,8,11-12,16,24-25H,1-2,4-5,7,9-10H2,(H2,20,21,22,23). The Morgan fingerprint density at radius 2 is 1.92 bits per heavy atom. The maximum absolute atomic E-state index is 10.5. The third kappa shape index (κ3) is 3.32. The lowest BCUT2D eigenvalue weighted by Gasteiger charge is -2.28. The highest BCUT2D eigenvalue weighted by atomic mass is 16.4. The molecule has 4 rings (SSSR count). The first kappa shape index (κ1) is 16.3. The number of aromatic nitrogens is 2. The second-order valence-corrected chi connectivity index (χ2v) is 7.02. The van der Waals surface area contributed by atoms with Crippen LogP contribution < -0.4 is 10.6 Å². The Labute approximate surface area is 147 Å². The van der Waals surface area contributed by atoms with Crippen LogP contribution in [0.1, 0.15) is 43.2 Å². The summed E-state index contributed by atoms with van der Waals surface area (Å²) in [4.78, 5) is 8.47. The lowest BCUT2D eigenvalue weighted by molar-refractivity contribution is -0.0311. The number of fused-ring (bicyclic) bond motifs is 1. The maximum atomic E-state index is 10.5. The van der Waals surface area contributed by atoms with E-state index in [1.807, 2.05) is 0 Å². The topological polar surface area (TPSA) is 90.3 Å². The van der Waals surface area contributed by atoms with E-state index in [4.69, 9.17) is 0 Å². The molecule has 1 saturated carbocycles. The Balaban J connectivity index is 1.54. The van der Waals surface area contributed by atoms with Gasteiger partial charge in [-0.2, -0.15) is 0 Å². The van der Waals surface area contributed by atoms with Gasteiger partial charge in [0.15, 0.2) is 5.72 Å². The first-order valence-corrected chi connectivity index (χ1v) is 9.02. The molecule has 1 aromatic carbocycles. The van der Waals surface area contributed by atoms with Crippen LogP contribution in [0, 0.1) is 0 Å². The van der Waals surface area contributed by atoms with E-state index in [9.17, 15) is 10.2 Å². The SMILES string of the molecule is OC1CCCC1(O)Nc1cc(Nc2cccc3c2CCCC3)ncn1. The van der Waals surface area contributed by atoms with Crippen molar-refractivity contribution in [2.75, 3.05) is 10.6 Å². The lowest BCUT2D eigenvalue weighted by Crippen LogP contribution is -2.45. The predicted octanol–water partition coefficient (Wildman–Crippen LogP) is 2.74. The molecule has 4 N–H and O–H groups in total. The molecular formula is C19H24N4O2. The summed E-state index contributed by atoms with van der Waals surface area (Å²) in [7, 11) is 0. The molecule has 132 valence electrons. The van der Waals surface area contributed by atoms with Crippen LogP contribution in [0.2, 0.25) is 0 Å². The molecular weight excluding hydrogens is 316 g/mol. The number of aliphatic hydroxyl groups excluding tert-OH is 1. The Hall–Kier alpha value is -2.18. The minimum absolute atomic E-state index is 0.505. The summed E-state index contributed by atoms with van der Waals surface area (Å²) in [5, 5.41) is 26.8. The van der Waals surface area contributed by atoms with Gasteiger partial charge in [0.2, 0.25) is 0 Å². The van der Waals surface area contributed by atoms with Crippen molar-refractivity contribution in [2.24, 2.45) is 0 Å². The highest BCUT2D eigenvalue weighted by Gasteiger charge is 2.40. The minimum Gasteiger partial charge on any atom is -0.388 e. The molecule has 2 unspecified atom stereocenters. The van der Waals surface area contributed by atoms with E-state index < -0.39 is 11.8 Å². The van der Waals surface area contributed by atoms with Crippen molar-refractivity contribution < 1.29 is 10.2 Å². The van der Waals surface area contributed by atoms with Gasteiger partial charge in [-0.15, -0.1) is 0 Å². The van der Waals surface area contributed by atoms with Crippen molar-refractivity contribution in [3.63, 3.8) is 0 Å². The monoisotopic (exact) mass is 340 g/mol. The molecule has 2 aromatic rings. The van der Waals surface area contributed by atoms with E-state index in [0.29, 0.717) is 24.5 Å². The van der Waals surface area contributed by atoms with Crippen molar-refractivity contribution in [3.8, 4) is 0 Å². The number of hydrogen-bond donors (Lipinski definition) is 4. The van der Waals surface area contributed by atoms with Crippen molar-refractivity contribution in [3.05, 3.63) is 41.7 Å². The van der Waals surface area contributed by atoms with Gasteiger partial charge in [0.25, 0.3) is 0 Å². The smallest absolute Gasteiger partial charge is 0.162 e. The van der Waals surface area contributed by atoms with Gasteiger partial charge in [0, 0.05) is 11.8 Å². The third-order valence-electron chi connectivity index (χ3n) is 5.26. The summed E-state index contributed by atoms with van der Waals surface area (Å²) in [6.07, 6.45) is 7.25. The maximum Gasteiger partial charge on any atom is 0.162 e. The van der Waals surface area contributed by atoms with E-state index in [-0.39, 0.29) is 0 Å². The summed E-state index contributed by atoms with van der Waals surface area (Å²) in [6, 6.07) is 8.12. The number of rotatable bonds is 4. The van der Waals surface area contributed by atoms with Crippen LogP contribution in [0.4, 0.5) is 17.3 Å². The molecule has 0 saturated heterocycles. The number of hydrogen-bond acceptors (Lipinski definition) is 6. The number of nitrogens with zero attached hydrogens (tertiary/aromatic N) is 2. The summed E-state index contributed by atoms with van der Waals surface area (Å²) < 4.78 is 0. The average molecular weight is 340 g/mol. The van der Waals surface area contributed by atoms with Crippen LogP contribution in [0.15, 0.2) is 30.6 Å². The first-order valence-electron chi connectivity index (χ1n) is 9.02. The highest BCUT2D eigenvalue weighted by Crippen LogP contribution is 2.32. The normalized spacial score (nSPS) is 25.4. The molecule has 2 aliphatic rings. The Kier molecular flexibility index (Phi) is 4.31. The second kappa shape index (κ2) is 6.61. The van der Waals surface area contributed by atoms with Crippen LogP contribution in [0.25, 0.3) is 0 Å². The fourth-order valence-corrected chi connectivity index (χ4v) is 3.87. The minimum atomic E-state index is -1.31. The van der Waals surface area contributed by atoms with E-state index in [1.54, 1.807) is 6.07 Å². The molecule has 1 aromatic heterocycles. The molecule has 1 fully saturated rings. The molecule has 0 radical (unpaired) electrons. The molecule has 0 amide bonds. The number of aliphatic hydroxyl groups is 2. The molecule has 0 aliphatic heterocycles. The van der Waals surface area contributed by atoms with Gasteiger partial charge in [-0.05, 0) is 62.1 Å². The van der Waals surface area contributed by atoms with Gasteiger partial charge >= 0.3 is 0 Å². The number of benzene rings is 1. The molecule has 2 atom stereocenters. The van der Waals surface area contributed by atoms with Crippen LogP contribution in [0.5, 0.6) is 0 Å². The molecule has 25 heavy (non-hydrogen) atoms. The number of aryl methyl sites for hydroxylation is 1. The van der Waals surface area contributed by atoms with Crippen molar-refractivity contribution in [2.45, 2.75) is 56.8 Å². The van der Waals surface area contributed by atoms with E-state index in [2.05, 4.69) is 38.8 Å². The summed E-state index contributed by atoms with van der Waals surface area (Å²) in [6.45, 7) is 0. The van der Waals surface area contributed by atoms with Gasteiger partial charge in [-0.25, -0.2) is 9.97 Å². The fraction of sp³-hybridized carbons (Fsp3) is 0.474. The molecule has 0 bridgehead atoms. The van der Waals surface area contributed by atoms with Gasteiger partial charge in [0.05, 0.1) is 0 Å². The quantitative estimate of drug-likeness (QED) is 0.640. The van der Waals surface area contributed by atoms with Crippen molar-refractivity contribution in [1.29, 1.82) is 0 Å². The number of nitrogens with one attached hydrogen (secondary N) is 2. The predicted molar refractivity (Wildman–Crippen MR) is 96.8 cm³/mol. The van der Waals surface area contributed by atoms with E-state index >= 15 is 0 Å². The lowest BCUT2D eigenvalue weighted by atomic mass is 9.90. The largest absolute Gasteiger partial charge is 0.388 e. The Morgan fingerprint density at radius 3 is 2.76 bits per heavy atom. The fourth-order valence-electron chi connectivity index (χ4n) is 3.87. The molecule has 2 aliphatic carbocycles. The van der Waals surface area contributed by atoms with Crippen LogP contribution in [-0.2, 0) is 12.8 Å². The molecule has 1 heterocycles. The van der Waals surface area contributed by atoms with Gasteiger partial charge in [-0.3, -0.25) is 0 Å².